The van der Waals surface area contributed by atoms with Gasteiger partial charge in [0.15, 0.2) is 0 Å². The molecule has 0 bridgehead atoms. The average molecular weight is 186 g/mol. The van der Waals surface area contributed by atoms with Crippen LogP contribution in [0, 0.1) is 0 Å². The topological polar surface area (TPSA) is 0 Å². The first-order valence-corrected chi connectivity index (χ1v) is 5.09. The van der Waals surface area contributed by atoms with Gasteiger partial charge in [0.25, 0.3) is 0 Å². The summed E-state index contributed by atoms with van der Waals surface area (Å²) in [6.07, 6.45) is 5.16. The SMILES string of the molecule is C=C(C=CC)CC(C)c1ccccc1. The maximum Gasteiger partial charge on any atom is -0.0150 e. The van der Waals surface area contributed by atoms with E-state index in [2.05, 4.69) is 49.9 Å². The van der Waals surface area contributed by atoms with E-state index < -0.39 is 0 Å². The Balaban J connectivity index is 2.59. The van der Waals surface area contributed by atoms with Crippen LogP contribution >= 0.6 is 0 Å². The zero-order valence-corrected chi connectivity index (χ0v) is 9.03. The van der Waals surface area contributed by atoms with E-state index in [0.29, 0.717) is 5.92 Å². The minimum absolute atomic E-state index is 0.555. The molecule has 0 aromatic heterocycles. The molecule has 0 fully saturated rings. The molecule has 14 heavy (non-hydrogen) atoms. The van der Waals surface area contributed by atoms with Crippen molar-refractivity contribution in [2.75, 3.05) is 0 Å². The van der Waals surface area contributed by atoms with E-state index in [4.69, 9.17) is 0 Å². The van der Waals surface area contributed by atoms with E-state index in [1.54, 1.807) is 0 Å². The minimum Gasteiger partial charge on any atom is -0.0958 e. The Morgan fingerprint density at radius 1 is 1.36 bits per heavy atom. The predicted molar refractivity (Wildman–Crippen MR) is 63.4 cm³/mol. The Morgan fingerprint density at radius 3 is 2.57 bits per heavy atom. The van der Waals surface area contributed by atoms with Crippen LogP contribution in [0.5, 0.6) is 0 Å². The Kier molecular flexibility index (Phi) is 4.18. The van der Waals surface area contributed by atoms with E-state index in [9.17, 15) is 0 Å². The number of hydrogen-bond donors (Lipinski definition) is 0. The summed E-state index contributed by atoms with van der Waals surface area (Å²) in [6, 6.07) is 10.6. The smallest absolute Gasteiger partial charge is 0.0150 e. The van der Waals surface area contributed by atoms with Gasteiger partial charge in [-0.1, -0.05) is 61.6 Å². The summed E-state index contributed by atoms with van der Waals surface area (Å²) >= 11 is 0. The highest BCUT2D eigenvalue weighted by molar-refractivity contribution is 5.23. The van der Waals surface area contributed by atoms with Crippen LogP contribution in [0.15, 0.2) is 54.6 Å². The van der Waals surface area contributed by atoms with Crippen molar-refractivity contribution >= 4 is 0 Å². The van der Waals surface area contributed by atoms with E-state index in [-0.39, 0.29) is 0 Å². The summed E-state index contributed by atoms with van der Waals surface area (Å²) in [4.78, 5) is 0. The minimum atomic E-state index is 0.555. The Bertz CT molecular complexity index is 306. The average Bonchev–Trinajstić information content (AvgIpc) is 2.19. The first-order chi connectivity index (χ1) is 6.74. The lowest BCUT2D eigenvalue weighted by atomic mass is 9.94. The van der Waals surface area contributed by atoms with Gasteiger partial charge in [-0.15, -0.1) is 0 Å². The summed E-state index contributed by atoms with van der Waals surface area (Å²) in [6.45, 7) is 8.29. The molecule has 74 valence electrons. The first kappa shape index (κ1) is 10.8. The highest BCUT2D eigenvalue weighted by Gasteiger charge is 2.04. The largest absolute Gasteiger partial charge is 0.0958 e. The predicted octanol–water partition coefficient (Wildman–Crippen LogP) is 4.31. The molecule has 0 spiro atoms. The highest BCUT2D eigenvalue weighted by Crippen LogP contribution is 2.22. The van der Waals surface area contributed by atoms with Crippen LogP contribution in [-0.4, -0.2) is 0 Å². The fraction of sp³-hybridized carbons (Fsp3) is 0.286. The van der Waals surface area contributed by atoms with Crippen molar-refractivity contribution in [1.82, 2.24) is 0 Å². The maximum atomic E-state index is 4.02. The summed E-state index contributed by atoms with van der Waals surface area (Å²) in [5.74, 6) is 0.555. The summed E-state index contributed by atoms with van der Waals surface area (Å²) < 4.78 is 0. The van der Waals surface area contributed by atoms with Gasteiger partial charge in [-0.2, -0.15) is 0 Å². The Labute approximate surface area is 87.0 Å². The molecule has 1 aromatic carbocycles. The normalized spacial score (nSPS) is 13.0. The molecule has 1 unspecified atom stereocenters. The molecule has 1 atom stereocenters. The Morgan fingerprint density at radius 2 is 2.00 bits per heavy atom. The van der Waals surface area contributed by atoms with E-state index >= 15 is 0 Å². The molecule has 0 aliphatic heterocycles. The highest BCUT2D eigenvalue weighted by atomic mass is 14.1. The lowest BCUT2D eigenvalue weighted by molar-refractivity contribution is 0.764. The molecular weight excluding hydrogens is 168 g/mol. The monoisotopic (exact) mass is 186 g/mol. The number of hydrogen-bond acceptors (Lipinski definition) is 0. The van der Waals surface area contributed by atoms with Gasteiger partial charge in [-0.3, -0.25) is 0 Å². The molecule has 1 aromatic rings. The van der Waals surface area contributed by atoms with Crippen LogP contribution < -0.4 is 0 Å². The molecule has 0 amide bonds. The van der Waals surface area contributed by atoms with Gasteiger partial charge in [-0.25, -0.2) is 0 Å². The van der Waals surface area contributed by atoms with Crippen molar-refractivity contribution in [3.8, 4) is 0 Å². The van der Waals surface area contributed by atoms with Crippen molar-refractivity contribution < 1.29 is 0 Å². The molecule has 1 rings (SSSR count). The van der Waals surface area contributed by atoms with Crippen molar-refractivity contribution in [1.29, 1.82) is 0 Å². The number of allylic oxidation sites excluding steroid dienone is 3. The van der Waals surface area contributed by atoms with Gasteiger partial charge in [0.2, 0.25) is 0 Å². The van der Waals surface area contributed by atoms with Crippen molar-refractivity contribution in [2.24, 2.45) is 0 Å². The van der Waals surface area contributed by atoms with E-state index in [1.807, 2.05) is 13.0 Å². The third-order valence-corrected chi connectivity index (χ3v) is 2.34. The summed E-state index contributed by atoms with van der Waals surface area (Å²) in [7, 11) is 0. The molecule has 0 N–H and O–H groups in total. The van der Waals surface area contributed by atoms with Crippen LogP contribution in [0.25, 0.3) is 0 Å². The van der Waals surface area contributed by atoms with E-state index in [0.717, 1.165) is 6.42 Å². The summed E-state index contributed by atoms with van der Waals surface area (Å²) in [5, 5.41) is 0. The van der Waals surface area contributed by atoms with Crippen LogP contribution in [0.3, 0.4) is 0 Å². The Hall–Kier alpha value is -1.30. The molecule has 0 nitrogen and oxygen atoms in total. The third kappa shape index (κ3) is 3.21. The van der Waals surface area contributed by atoms with Crippen LogP contribution in [0.1, 0.15) is 31.7 Å². The number of benzene rings is 1. The van der Waals surface area contributed by atoms with Gasteiger partial charge in [0, 0.05) is 0 Å². The molecule has 0 saturated heterocycles. The summed E-state index contributed by atoms with van der Waals surface area (Å²) in [5.41, 5.74) is 2.59. The van der Waals surface area contributed by atoms with Gasteiger partial charge < -0.3 is 0 Å². The standard InChI is InChI=1S/C14H18/c1-4-8-12(2)11-13(3)14-9-6-5-7-10-14/h4-10,13H,2,11H2,1,3H3. The van der Waals surface area contributed by atoms with Crippen LogP contribution in [-0.2, 0) is 0 Å². The van der Waals surface area contributed by atoms with Gasteiger partial charge in [0.1, 0.15) is 0 Å². The lowest BCUT2D eigenvalue weighted by Crippen LogP contribution is -1.93. The van der Waals surface area contributed by atoms with Crippen LogP contribution in [0.2, 0.25) is 0 Å². The van der Waals surface area contributed by atoms with Crippen LogP contribution in [0.4, 0.5) is 0 Å². The fourth-order valence-electron chi connectivity index (χ4n) is 1.60. The molecule has 0 aliphatic carbocycles. The first-order valence-electron chi connectivity index (χ1n) is 5.09. The zero-order valence-electron chi connectivity index (χ0n) is 9.03. The second-order valence-corrected chi connectivity index (χ2v) is 3.67. The van der Waals surface area contributed by atoms with Crippen molar-refractivity contribution in [3.05, 3.63) is 60.2 Å². The van der Waals surface area contributed by atoms with Crippen molar-refractivity contribution in [2.45, 2.75) is 26.2 Å². The van der Waals surface area contributed by atoms with E-state index in [1.165, 1.54) is 11.1 Å². The molecule has 0 heterocycles. The van der Waals surface area contributed by atoms with Gasteiger partial charge in [0.05, 0.1) is 0 Å². The maximum absolute atomic E-state index is 4.02. The zero-order chi connectivity index (χ0) is 10.4. The van der Waals surface area contributed by atoms with Gasteiger partial charge >= 0.3 is 0 Å². The third-order valence-electron chi connectivity index (χ3n) is 2.34. The quantitative estimate of drug-likeness (QED) is 0.614. The fourth-order valence-corrected chi connectivity index (χ4v) is 1.60. The lowest BCUT2D eigenvalue weighted by Gasteiger charge is -2.11. The second kappa shape index (κ2) is 5.43. The molecule has 0 aliphatic rings. The van der Waals surface area contributed by atoms with Gasteiger partial charge in [-0.05, 0) is 24.8 Å². The number of rotatable bonds is 4. The molecular formula is C14H18. The second-order valence-electron chi connectivity index (χ2n) is 3.67. The molecule has 0 saturated carbocycles. The van der Waals surface area contributed by atoms with Crippen molar-refractivity contribution in [3.63, 3.8) is 0 Å². The molecule has 0 heteroatoms. The molecule has 0 radical (unpaired) electrons.